The lowest BCUT2D eigenvalue weighted by Gasteiger charge is -2.33. The van der Waals surface area contributed by atoms with E-state index in [4.69, 9.17) is 28.6 Å². The normalized spacial score (nSPS) is 23.4. The Kier molecular flexibility index (Phi) is 15.3. The third-order valence-electron chi connectivity index (χ3n) is 14.3. The number of aromatic amines is 2. The highest BCUT2D eigenvalue weighted by molar-refractivity contribution is 6.21. The number of aliphatic hydroxyl groups excluding tert-OH is 1. The molecule has 6 aromatic rings. The Morgan fingerprint density at radius 1 is 0.500 bits per heavy atom. The largest absolute Gasteiger partial charge is 0.393 e. The fraction of sp³-hybridized carbons (Fsp3) is 0.345. The van der Waals surface area contributed by atoms with E-state index in [-0.39, 0.29) is 47.5 Å². The van der Waals surface area contributed by atoms with Gasteiger partial charge in [-0.2, -0.15) is 0 Å². The SMILES string of the molecule is CCC1(CC)O[C@@H](n2cc(C)c(=O)[nH]c2=O)[C@@H](ON2C(=O)c3ccccc3C2=O)C1OCc1ccccc1.CC[C@@]1(CO)O[C@@H](n2cc(C)c(=O)[nH]c2=O)[C@@H](ON2C(=O)c3ccccc3C2=O)C1OCc1ccccc1. The molecule has 2 unspecified atom stereocenters. The van der Waals surface area contributed by atoms with Gasteiger partial charge in [0.1, 0.15) is 17.8 Å². The molecule has 21 heteroatoms. The lowest BCUT2D eigenvalue weighted by molar-refractivity contribution is -0.187. The number of H-pyrrole nitrogens is 2. The van der Waals surface area contributed by atoms with E-state index < -0.39 is 101 Å². The Morgan fingerprint density at radius 3 is 1.17 bits per heavy atom. The van der Waals surface area contributed by atoms with Crippen molar-refractivity contribution >= 4 is 23.6 Å². The van der Waals surface area contributed by atoms with Crippen molar-refractivity contribution in [2.75, 3.05) is 6.61 Å². The van der Waals surface area contributed by atoms with E-state index in [9.17, 15) is 43.5 Å². The highest BCUT2D eigenvalue weighted by Gasteiger charge is 2.60. The highest BCUT2D eigenvalue weighted by Crippen LogP contribution is 2.46. The molecule has 4 aliphatic rings. The topological polar surface area (TPSA) is 260 Å². The number of carbonyl (C=O) groups is 4. The number of imide groups is 2. The van der Waals surface area contributed by atoms with Crippen molar-refractivity contribution in [1.82, 2.24) is 29.2 Å². The van der Waals surface area contributed by atoms with E-state index in [1.54, 1.807) is 50.2 Å². The Morgan fingerprint density at radius 2 is 0.829 bits per heavy atom. The van der Waals surface area contributed by atoms with Gasteiger partial charge in [0, 0.05) is 23.5 Å². The summed E-state index contributed by atoms with van der Waals surface area (Å²) in [6, 6.07) is 31.6. The molecule has 396 valence electrons. The van der Waals surface area contributed by atoms with Crippen molar-refractivity contribution in [2.45, 2.75) is 115 Å². The van der Waals surface area contributed by atoms with Crippen molar-refractivity contribution < 1.29 is 52.9 Å². The van der Waals surface area contributed by atoms with Gasteiger partial charge in [-0.15, -0.1) is 10.1 Å². The Labute approximate surface area is 434 Å². The highest BCUT2D eigenvalue weighted by atomic mass is 16.7. The number of amides is 4. The summed E-state index contributed by atoms with van der Waals surface area (Å²) in [5, 5.41) is 11.8. The lowest BCUT2D eigenvalue weighted by Crippen LogP contribution is -2.50. The minimum absolute atomic E-state index is 0.102. The summed E-state index contributed by atoms with van der Waals surface area (Å²) in [5.41, 5.74) is -1.77. The molecule has 4 amide bonds. The number of nitrogens with one attached hydrogen (secondary N) is 2. The molecule has 4 aromatic carbocycles. The monoisotopic (exact) mass is 1040 g/mol. The molecule has 0 spiro atoms. The number of aromatic nitrogens is 4. The molecule has 2 aromatic heterocycles. The molecule has 76 heavy (non-hydrogen) atoms. The molecular formula is C55H56N6O15. The summed E-state index contributed by atoms with van der Waals surface area (Å²) in [5.74, 6) is -2.56. The summed E-state index contributed by atoms with van der Waals surface area (Å²) in [6.45, 7) is 8.55. The third kappa shape index (κ3) is 9.73. The summed E-state index contributed by atoms with van der Waals surface area (Å²) in [6.07, 6.45) is -2.52. The minimum Gasteiger partial charge on any atom is -0.393 e. The summed E-state index contributed by atoms with van der Waals surface area (Å²) < 4.78 is 27.8. The second-order valence-electron chi connectivity index (χ2n) is 18.8. The fourth-order valence-corrected chi connectivity index (χ4v) is 9.97. The number of hydrogen-bond acceptors (Lipinski definition) is 15. The molecule has 0 aliphatic carbocycles. The molecule has 0 bridgehead atoms. The van der Waals surface area contributed by atoms with Gasteiger partial charge >= 0.3 is 11.4 Å². The van der Waals surface area contributed by atoms with Gasteiger partial charge in [0.05, 0.1) is 47.7 Å². The maximum Gasteiger partial charge on any atom is 0.330 e. The van der Waals surface area contributed by atoms with E-state index in [1.165, 1.54) is 36.0 Å². The van der Waals surface area contributed by atoms with Gasteiger partial charge in [0.15, 0.2) is 24.7 Å². The zero-order chi connectivity index (χ0) is 54.1. The van der Waals surface area contributed by atoms with Crippen LogP contribution in [0.5, 0.6) is 0 Å². The number of nitrogens with zero attached hydrogens (tertiary/aromatic N) is 4. The van der Waals surface area contributed by atoms with Gasteiger partial charge in [-0.05, 0) is 68.5 Å². The van der Waals surface area contributed by atoms with E-state index in [2.05, 4.69) is 9.97 Å². The lowest BCUT2D eigenvalue weighted by atomic mass is 9.89. The first-order valence-electron chi connectivity index (χ1n) is 24.8. The number of ether oxygens (including phenoxy) is 4. The predicted octanol–water partition coefficient (Wildman–Crippen LogP) is 4.81. The second kappa shape index (κ2) is 21.8. The van der Waals surface area contributed by atoms with Crippen LogP contribution in [0.2, 0.25) is 0 Å². The zero-order valence-corrected chi connectivity index (χ0v) is 42.2. The van der Waals surface area contributed by atoms with Crippen molar-refractivity contribution in [1.29, 1.82) is 0 Å². The van der Waals surface area contributed by atoms with E-state index in [1.807, 2.05) is 74.5 Å². The van der Waals surface area contributed by atoms with Crippen LogP contribution in [0, 0.1) is 13.8 Å². The molecule has 21 nitrogen and oxygen atoms in total. The number of benzene rings is 4. The molecule has 2 fully saturated rings. The first-order chi connectivity index (χ1) is 36.6. The summed E-state index contributed by atoms with van der Waals surface area (Å²) >= 11 is 0. The van der Waals surface area contributed by atoms with Gasteiger partial charge in [0.2, 0.25) is 0 Å². The van der Waals surface area contributed by atoms with Crippen molar-refractivity contribution in [3.05, 3.63) is 208 Å². The molecule has 7 atom stereocenters. The van der Waals surface area contributed by atoms with Gasteiger partial charge in [-0.25, -0.2) is 9.59 Å². The van der Waals surface area contributed by atoms with Crippen LogP contribution in [-0.4, -0.2) is 100 Å². The number of aliphatic hydroxyl groups is 1. The predicted molar refractivity (Wildman–Crippen MR) is 269 cm³/mol. The molecule has 0 saturated carbocycles. The molecule has 3 N–H and O–H groups in total. The van der Waals surface area contributed by atoms with Crippen LogP contribution in [0.15, 0.2) is 141 Å². The Balaban J connectivity index is 0.000000186. The second-order valence-corrected chi connectivity index (χ2v) is 18.8. The number of carbonyl (C=O) groups excluding carboxylic acids is 4. The van der Waals surface area contributed by atoms with Crippen LogP contribution in [0.25, 0.3) is 0 Å². The first kappa shape index (κ1) is 53.1. The van der Waals surface area contributed by atoms with Gasteiger partial charge < -0.3 is 24.1 Å². The smallest absolute Gasteiger partial charge is 0.330 e. The number of hydrogen-bond donors (Lipinski definition) is 3. The van der Waals surface area contributed by atoms with Crippen LogP contribution in [0.1, 0.15) is 116 Å². The third-order valence-corrected chi connectivity index (χ3v) is 14.3. The Hall–Kier alpha value is -7.76. The van der Waals surface area contributed by atoms with Crippen LogP contribution in [0.4, 0.5) is 0 Å². The van der Waals surface area contributed by atoms with E-state index in [0.717, 1.165) is 20.8 Å². The maximum atomic E-state index is 13.2. The van der Waals surface area contributed by atoms with Gasteiger partial charge in [-0.1, -0.05) is 106 Å². The Bertz CT molecular complexity index is 3110. The quantitative estimate of drug-likeness (QED) is 0.110. The molecular weight excluding hydrogens is 985 g/mol. The van der Waals surface area contributed by atoms with Crippen molar-refractivity contribution in [2.24, 2.45) is 0 Å². The van der Waals surface area contributed by atoms with Crippen LogP contribution in [0.3, 0.4) is 0 Å². The number of fused-ring (bicyclic) bond motifs is 2. The van der Waals surface area contributed by atoms with Crippen LogP contribution >= 0.6 is 0 Å². The van der Waals surface area contributed by atoms with Crippen molar-refractivity contribution in [3.8, 4) is 0 Å². The average molecular weight is 1040 g/mol. The summed E-state index contributed by atoms with van der Waals surface area (Å²) in [4.78, 5) is 119. The van der Waals surface area contributed by atoms with Gasteiger partial charge in [0.25, 0.3) is 34.7 Å². The summed E-state index contributed by atoms with van der Waals surface area (Å²) in [7, 11) is 0. The van der Waals surface area contributed by atoms with E-state index >= 15 is 0 Å². The maximum absolute atomic E-state index is 13.2. The number of hydroxylamine groups is 4. The standard InChI is InChI=1S/C28H29N3O7.C27H27N3O8/c1-4-28(5-2)22(36-16-18-11-7-6-8-12-18)21(26(37-28)30-15-17(3)23(32)29-27(30)35)38-31-24(33)19-13-9-10-14-20(19)25(31)34;1-3-27(15-31)21(36-14-17-9-5-4-6-10-17)20(25(37-27)29-13-16(2)22(32)28-26(29)35)38-30-23(33)18-11-7-8-12-19(18)24(30)34/h6-15,21-22,26H,4-5,16H2,1-3H3,(H,29,32,35);4-13,20-21,25,31H,3,14-15H2,1-2H3,(H,28,32,35)/t21-,22?,26+;20-,21?,25+,27-/m00/s1. The number of aryl methyl sites for hydroxylation is 2. The molecule has 10 rings (SSSR count). The van der Waals surface area contributed by atoms with Crippen molar-refractivity contribution in [3.63, 3.8) is 0 Å². The minimum atomic E-state index is -1.35. The average Bonchev–Trinajstić information content (AvgIpc) is 4.16. The van der Waals surface area contributed by atoms with E-state index in [0.29, 0.717) is 23.5 Å². The first-order valence-corrected chi connectivity index (χ1v) is 24.8. The van der Waals surface area contributed by atoms with Crippen LogP contribution in [-0.2, 0) is 41.8 Å². The number of rotatable bonds is 16. The molecule has 6 heterocycles. The van der Waals surface area contributed by atoms with Gasteiger partial charge in [-0.3, -0.25) is 57.5 Å². The van der Waals surface area contributed by atoms with Crippen LogP contribution < -0.4 is 22.5 Å². The molecule has 2 saturated heterocycles. The zero-order valence-electron chi connectivity index (χ0n) is 42.2. The molecule has 0 radical (unpaired) electrons. The fourth-order valence-electron chi connectivity index (χ4n) is 9.97. The molecule has 4 aliphatic heterocycles.